The summed E-state index contributed by atoms with van der Waals surface area (Å²) in [4.78, 5) is 194. The van der Waals surface area contributed by atoms with Gasteiger partial charge in [0.25, 0.3) is 0 Å². The van der Waals surface area contributed by atoms with Gasteiger partial charge < -0.3 is 69.5 Å². The number of rotatable bonds is 15. The monoisotopic (exact) mass is 1620 g/mol. The highest BCUT2D eigenvalue weighted by molar-refractivity contribution is 6.01. The largest absolute Gasteiger partial charge is 0.397 e. The number of piperidine rings is 1. The smallest absolute Gasteiger partial charge is 0.382 e. The maximum absolute atomic E-state index is 15.9. The Kier molecular flexibility index (Phi) is 32.5. The molecule has 3 N–H and O–H groups in total. The Morgan fingerprint density at radius 3 is 1.79 bits per heavy atom. The van der Waals surface area contributed by atoms with Crippen molar-refractivity contribution in [2.24, 2.45) is 40.9 Å². The van der Waals surface area contributed by atoms with E-state index < -0.39 is 248 Å². The lowest BCUT2D eigenvalue weighted by molar-refractivity contribution is -0.219. The fraction of sp³-hybridized carbons (Fsp3) is 0.823. The third kappa shape index (κ3) is 22.9. The molecule has 0 radical (unpaired) electrons. The molecule has 7 rings (SSSR count). The van der Waals surface area contributed by atoms with Gasteiger partial charge in [-0.05, 0) is 146 Å². The number of carbonyl (C=O) groups is 12. The predicted molar refractivity (Wildman–Crippen MR) is 401 cm³/mol. The van der Waals surface area contributed by atoms with E-state index in [1.165, 1.54) is 59.2 Å². The van der Waals surface area contributed by atoms with Gasteiger partial charge in [-0.25, -0.2) is 8.78 Å². The Balaban J connectivity index is 1.36. The first kappa shape index (κ1) is 92.9. The molecule has 113 heavy (non-hydrogen) atoms. The van der Waals surface area contributed by atoms with Crippen LogP contribution >= 0.6 is 0 Å². The van der Waals surface area contributed by atoms with E-state index in [9.17, 15) is 45.5 Å². The zero-order valence-corrected chi connectivity index (χ0v) is 68.6. The van der Waals surface area contributed by atoms with Crippen molar-refractivity contribution in [3.8, 4) is 0 Å². The second-order valence-electron chi connectivity index (χ2n) is 34.1. The van der Waals surface area contributed by atoms with Crippen LogP contribution < -0.4 is 16.0 Å². The van der Waals surface area contributed by atoms with Gasteiger partial charge in [-0.15, -0.1) is 0 Å². The molecule has 3 saturated carbocycles. The fourth-order valence-electron chi connectivity index (χ4n) is 18.2. The number of nitrogens with one attached hydrogen (secondary N) is 3. The summed E-state index contributed by atoms with van der Waals surface area (Å²) in [6, 6.07) is -11.9. The number of amides is 12. The van der Waals surface area contributed by atoms with E-state index >= 15 is 47.1 Å². The van der Waals surface area contributed by atoms with E-state index in [0.29, 0.717) is 45.2 Å². The number of carbonyl (C=O) groups excluding carboxylic acids is 12. The molecule has 26 nitrogen and oxygen atoms in total. The van der Waals surface area contributed by atoms with Crippen LogP contribution in [0.15, 0.2) is 12.2 Å². The molecule has 3 aliphatic carbocycles. The normalized spacial score (nSPS) is 31.6. The number of fused-ring (bicyclic) bond motifs is 3. The van der Waals surface area contributed by atoms with Crippen LogP contribution in [0, 0.1) is 40.9 Å². The molecule has 2 bridgehead atoms. The fourth-order valence-corrected chi connectivity index (χ4v) is 18.2. The van der Waals surface area contributed by atoms with Crippen molar-refractivity contribution in [2.75, 3.05) is 95.3 Å². The molecular formula is C79H124F8N12O14. The maximum Gasteiger partial charge on any atom is 0.397 e. The second-order valence-corrected chi connectivity index (χ2v) is 34.1. The van der Waals surface area contributed by atoms with Gasteiger partial charge >= 0.3 is 12.4 Å². The van der Waals surface area contributed by atoms with Crippen molar-refractivity contribution >= 4 is 70.9 Å². The summed E-state index contributed by atoms with van der Waals surface area (Å²) < 4.78 is 128. The van der Waals surface area contributed by atoms with Crippen LogP contribution in [0.2, 0.25) is 0 Å². The van der Waals surface area contributed by atoms with E-state index in [-0.39, 0.29) is 83.7 Å². The standard InChI is InChI=1S/C79H124F8N12O14/c1-16-47(6)65-73(109)92(10)42-63(102)93(11)56-25-21-19-24-34-98(72(56)108)59(37-48-26-29-51(30-27-48)78(82,83)84)70(106)91(9)41-61(100)88-55(31-28-49-35-53(80)64(54(81)36-49)79(85,86)87)69(105)99-40-52(113-46(4)5)38-57(99)68(104)90-77(44-76(7,8)45-77)75(111)96(14)66(50(17-2)18-3)74(110)95(13)58(71(107)97-32-22-20-23-33-97)39-62(101)94(12)60(43-112-15)67(103)89-65/h19,21,46-60,64-66H,16-18,20,22-45H2,1-15H3,(H,88,100)(H,89,103)(H,90,104)/b21-19-/t47-,48?,49?,51?,52+,53?,54?,55-,56-,57-,58-,59-,60-,64?,65-,66-/m0/s1. The molecule has 34 heteroatoms. The van der Waals surface area contributed by atoms with Gasteiger partial charge in [0.1, 0.15) is 72.1 Å². The molecule has 1 spiro atoms. The molecule has 4 aliphatic heterocycles. The number of nitrogens with zero attached hydrogens (tertiary/aromatic N) is 9. The van der Waals surface area contributed by atoms with Gasteiger partial charge in [0.15, 0.2) is 0 Å². The lowest BCUT2D eigenvalue weighted by Crippen LogP contribution is -2.71. The molecule has 4 heterocycles. The van der Waals surface area contributed by atoms with Crippen LogP contribution in [0.4, 0.5) is 35.1 Å². The van der Waals surface area contributed by atoms with Gasteiger partial charge in [0, 0.05) is 82.0 Å². The van der Waals surface area contributed by atoms with E-state index in [0.717, 1.165) is 35.8 Å². The van der Waals surface area contributed by atoms with Crippen molar-refractivity contribution in [1.29, 1.82) is 0 Å². The summed E-state index contributed by atoms with van der Waals surface area (Å²) in [7, 11) is 9.19. The molecule has 0 aromatic carbocycles. The number of likely N-dealkylation sites (N-methyl/N-ethyl adjacent to an activating group) is 6. The molecule has 12 atom stereocenters. The SMILES string of the molecule is CCC(CC)[C@H]1C(=O)N(C)[C@H](C(=O)N2CCCCC2)CC(=O)N(C)[C@@H](COC)C(=O)N[C@@H]([C@@H](C)CC)C(=O)N(C)CC(=O)N(C)[C@H]2C/C=C\CCN(C2=O)[C@@H](CC2CCC(C(F)(F)F)CC2)C(=O)N(C)CC(=O)N[C@@H](CCC2CC(F)C(C(F)(F)F)C(F)C2)C(=O)N2C[C@H](OC(C)C)C[C@H]2C(=O)NC2(CC(C)(C)C2)C(=O)N1C. The second kappa shape index (κ2) is 39.6. The first-order valence-electron chi connectivity index (χ1n) is 40.4. The van der Waals surface area contributed by atoms with Gasteiger partial charge in [0.05, 0.1) is 44.2 Å². The lowest BCUT2D eigenvalue weighted by atomic mass is 9.58. The average molecular weight is 1620 g/mol. The first-order chi connectivity index (χ1) is 52.8. The molecule has 0 aromatic rings. The third-order valence-electron chi connectivity index (χ3n) is 24.8. The summed E-state index contributed by atoms with van der Waals surface area (Å²) in [5.74, 6) is -17.3. The highest BCUT2D eigenvalue weighted by Crippen LogP contribution is 2.50. The molecule has 640 valence electrons. The van der Waals surface area contributed by atoms with Gasteiger partial charge in [0.2, 0.25) is 70.9 Å². The highest BCUT2D eigenvalue weighted by atomic mass is 19.4. The topological polar surface area (TPSA) is 289 Å². The Labute approximate surface area is 659 Å². The maximum atomic E-state index is 15.9. The molecule has 3 saturated heterocycles. The van der Waals surface area contributed by atoms with Crippen LogP contribution in [0.3, 0.4) is 0 Å². The first-order valence-corrected chi connectivity index (χ1v) is 40.4. The van der Waals surface area contributed by atoms with Crippen LogP contribution in [0.5, 0.6) is 0 Å². The van der Waals surface area contributed by atoms with E-state index in [2.05, 4.69) is 16.0 Å². The minimum atomic E-state index is -5.23. The van der Waals surface area contributed by atoms with Crippen molar-refractivity contribution in [1.82, 2.24) is 60.0 Å². The number of hydrogen-bond donors (Lipinski definition) is 3. The predicted octanol–water partition coefficient (Wildman–Crippen LogP) is 7.15. The molecule has 6 fully saturated rings. The van der Waals surface area contributed by atoms with Gasteiger partial charge in [-0.3, -0.25) is 57.5 Å². The summed E-state index contributed by atoms with van der Waals surface area (Å²) in [6.45, 7) is 12.3. The number of hydrogen-bond acceptors (Lipinski definition) is 14. The molecule has 7 aliphatic rings. The minimum absolute atomic E-state index is 0.00972. The van der Waals surface area contributed by atoms with Crippen molar-refractivity contribution in [3.05, 3.63) is 12.2 Å². The Bertz CT molecular complexity index is 3370. The summed E-state index contributed by atoms with van der Waals surface area (Å²) in [5, 5.41) is 8.42. The molecule has 0 aromatic heterocycles. The Morgan fingerprint density at radius 2 is 1.23 bits per heavy atom. The lowest BCUT2D eigenvalue weighted by Gasteiger charge is -2.54. The third-order valence-corrected chi connectivity index (χ3v) is 24.8. The number of ether oxygens (including phenoxy) is 2. The zero-order valence-electron chi connectivity index (χ0n) is 68.6. The Morgan fingerprint density at radius 1 is 0.619 bits per heavy atom. The number of likely N-dealkylation sites (tertiary alicyclic amines) is 1. The molecular weight excluding hydrogens is 1490 g/mol. The van der Waals surface area contributed by atoms with Crippen LogP contribution in [0.1, 0.15) is 190 Å². The minimum Gasteiger partial charge on any atom is -0.382 e. The van der Waals surface area contributed by atoms with Crippen molar-refractivity contribution in [2.45, 2.75) is 281 Å². The van der Waals surface area contributed by atoms with Crippen LogP contribution in [-0.4, -0.2) is 301 Å². The van der Waals surface area contributed by atoms with Crippen molar-refractivity contribution in [3.63, 3.8) is 0 Å². The summed E-state index contributed by atoms with van der Waals surface area (Å²) in [6.07, 6.45) is -14.3. The number of methoxy groups -OCH3 is 1. The Hall–Kier alpha value is -7.26. The van der Waals surface area contributed by atoms with Crippen LogP contribution in [0.25, 0.3) is 0 Å². The molecule has 2 unspecified atom stereocenters. The number of alkyl halides is 8. The van der Waals surface area contributed by atoms with Crippen LogP contribution in [-0.2, 0) is 67.0 Å². The van der Waals surface area contributed by atoms with E-state index in [4.69, 9.17) is 9.47 Å². The van der Waals surface area contributed by atoms with Gasteiger partial charge in [-0.1, -0.05) is 73.0 Å². The van der Waals surface area contributed by atoms with Gasteiger partial charge in [-0.2, -0.15) is 26.3 Å². The van der Waals surface area contributed by atoms with E-state index in [1.807, 2.05) is 27.7 Å². The quantitative estimate of drug-likeness (QED) is 0.108. The molecule has 12 amide bonds. The summed E-state index contributed by atoms with van der Waals surface area (Å²) >= 11 is 0. The number of halogens is 8. The zero-order chi connectivity index (χ0) is 84.3. The highest BCUT2D eigenvalue weighted by Gasteiger charge is 2.60. The average Bonchev–Trinajstić information content (AvgIpc) is 1.32. The summed E-state index contributed by atoms with van der Waals surface area (Å²) in [5.41, 5.74) is -2.42. The van der Waals surface area contributed by atoms with E-state index in [1.54, 1.807) is 44.7 Å². The van der Waals surface area contributed by atoms with Crippen molar-refractivity contribution < 1.29 is 102 Å².